The summed E-state index contributed by atoms with van der Waals surface area (Å²) in [6.07, 6.45) is 3.32. The Morgan fingerprint density at radius 1 is 1.03 bits per heavy atom. The number of nitrogens with one attached hydrogen (secondary N) is 2. The van der Waals surface area contributed by atoms with Crippen molar-refractivity contribution in [3.8, 4) is 21.8 Å². The quantitative estimate of drug-likeness (QED) is 0.329. The second-order valence-corrected chi connectivity index (χ2v) is 10.3. The van der Waals surface area contributed by atoms with Crippen LogP contribution in [-0.2, 0) is 11.0 Å². The Labute approximate surface area is 211 Å². The van der Waals surface area contributed by atoms with Crippen molar-refractivity contribution < 1.29 is 17.4 Å². The lowest BCUT2D eigenvalue weighted by atomic mass is 9.99. The Bertz CT molecular complexity index is 1420. The van der Waals surface area contributed by atoms with Gasteiger partial charge < -0.3 is 11.1 Å². The molecule has 1 saturated heterocycles. The number of nitrogens with two attached hydrogens (primary N) is 1. The van der Waals surface area contributed by atoms with E-state index in [0.29, 0.717) is 16.3 Å². The summed E-state index contributed by atoms with van der Waals surface area (Å²) in [6.45, 7) is 1.73. The van der Waals surface area contributed by atoms with Gasteiger partial charge >= 0.3 is 0 Å². The van der Waals surface area contributed by atoms with Crippen LogP contribution in [0, 0.1) is 17.5 Å². The van der Waals surface area contributed by atoms with Crippen LogP contribution in [0.1, 0.15) is 23.8 Å². The minimum atomic E-state index is -2.38. The summed E-state index contributed by atoms with van der Waals surface area (Å²) in [5, 5.41) is 4.18. The van der Waals surface area contributed by atoms with Gasteiger partial charge in [-0.1, -0.05) is 12.1 Å². The molecule has 7 nitrogen and oxygen atoms in total. The molecule has 0 amide bonds. The van der Waals surface area contributed by atoms with Crippen LogP contribution in [0.4, 0.5) is 24.8 Å². The van der Waals surface area contributed by atoms with Crippen molar-refractivity contribution in [3.63, 3.8) is 0 Å². The Morgan fingerprint density at radius 2 is 1.75 bits per heavy atom. The summed E-state index contributed by atoms with van der Waals surface area (Å²) < 4.78 is 59.1. The fourth-order valence-corrected chi connectivity index (χ4v) is 6.21. The molecule has 0 bridgehead atoms. The first-order valence-corrected chi connectivity index (χ1v) is 13.1. The Kier molecular flexibility index (Phi) is 6.99. The first kappa shape index (κ1) is 24.3. The van der Waals surface area contributed by atoms with Gasteiger partial charge in [0.25, 0.3) is 0 Å². The van der Waals surface area contributed by atoms with Crippen molar-refractivity contribution in [2.45, 2.75) is 23.7 Å². The molecule has 0 saturated carbocycles. The lowest BCUT2D eigenvalue weighted by molar-refractivity contribution is 0.459. The number of aromatic nitrogens is 3. The second kappa shape index (κ2) is 10.3. The zero-order chi connectivity index (χ0) is 25.2. The number of benzene rings is 2. The molecule has 0 spiro atoms. The summed E-state index contributed by atoms with van der Waals surface area (Å²) in [4.78, 5) is 13.0. The maximum absolute atomic E-state index is 15.8. The van der Waals surface area contributed by atoms with E-state index in [0.717, 1.165) is 49.1 Å². The highest BCUT2D eigenvalue weighted by Crippen LogP contribution is 2.42. The van der Waals surface area contributed by atoms with Gasteiger partial charge in [0.15, 0.2) is 16.8 Å². The molecule has 0 aliphatic carbocycles. The minimum Gasteiger partial charge on any atom is -0.368 e. The van der Waals surface area contributed by atoms with Crippen molar-refractivity contribution in [2.24, 2.45) is 0 Å². The van der Waals surface area contributed by atoms with Gasteiger partial charge in [0, 0.05) is 17.7 Å². The molecule has 36 heavy (non-hydrogen) atoms. The van der Waals surface area contributed by atoms with E-state index in [-0.39, 0.29) is 23.1 Å². The van der Waals surface area contributed by atoms with Crippen LogP contribution >= 0.6 is 11.3 Å². The summed E-state index contributed by atoms with van der Waals surface area (Å²) >= 11 is 1.42. The van der Waals surface area contributed by atoms with Gasteiger partial charge in [-0.2, -0.15) is 0 Å². The molecule has 186 valence electrons. The van der Waals surface area contributed by atoms with Crippen LogP contribution in [0.3, 0.4) is 0 Å². The second-order valence-electron chi connectivity index (χ2n) is 8.14. The molecule has 3 heterocycles. The van der Waals surface area contributed by atoms with Crippen LogP contribution in [0.25, 0.3) is 21.8 Å². The van der Waals surface area contributed by atoms with Crippen molar-refractivity contribution in [3.05, 3.63) is 71.1 Å². The molecule has 12 heteroatoms. The van der Waals surface area contributed by atoms with E-state index in [4.69, 9.17) is 10.7 Å². The molecule has 5 rings (SSSR count). The SMILES string of the molecule is Nc1nccc(-c2sc(C3CCNCC3)nc2-c2cccc(NS(=O)c3c(F)cccc3F)c2F)n1. The lowest BCUT2D eigenvalue weighted by Gasteiger charge is -2.20. The summed E-state index contributed by atoms with van der Waals surface area (Å²) in [5.41, 5.74) is 6.61. The zero-order valence-electron chi connectivity index (χ0n) is 18.8. The van der Waals surface area contributed by atoms with E-state index in [1.54, 1.807) is 18.2 Å². The van der Waals surface area contributed by atoms with Gasteiger partial charge in [-0.3, -0.25) is 4.72 Å². The van der Waals surface area contributed by atoms with E-state index in [2.05, 4.69) is 20.0 Å². The van der Waals surface area contributed by atoms with E-state index in [1.807, 2.05) is 0 Å². The molecule has 1 aliphatic rings. The molecular weight excluding hydrogens is 509 g/mol. The number of nitrogen functional groups attached to an aromatic ring is 1. The highest BCUT2D eigenvalue weighted by atomic mass is 32.2. The molecule has 2 aromatic carbocycles. The van der Waals surface area contributed by atoms with Gasteiger partial charge in [-0.25, -0.2) is 32.3 Å². The van der Waals surface area contributed by atoms with Crippen LogP contribution < -0.4 is 15.8 Å². The summed E-state index contributed by atoms with van der Waals surface area (Å²) in [7, 11) is -2.38. The van der Waals surface area contributed by atoms with Crippen LogP contribution in [0.15, 0.2) is 53.6 Å². The molecule has 4 aromatic rings. The van der Waals surface area contributed by atoms with Crippen LogP contribution in [0.2, 0.25) is 0 Å². The third-order valence-electron chi connectivity index (χ3n) is 5.80. The monoisotopic (exact) mass is 530 g/mol. The predicted octanol–water partition coefficient (Wildman–Crippen LogP) is 4.87. The largest absolute Gasteiger partial charge is 0.368 e. The number of rotatable bonds is 6. The van der Waals surface area contributed by atoms with Gasteiger partial charge in [0.2, 0.25) is 5.95 Å². The molecule has 0 radical (unpaired) electrons. The van der Waals surface area contributed by atoms with E-state index < -0.39 is 33.3 Å². The van der Waals surface area contributed by atoms with Crippen LogP contribution in [-0.4, -0.2) is 32.3 Å². The number of hydrogen-bond acceptors (Lipinski definition) is 7. The van der Waals surface area contributed by atoms with Crippen molar-refractivity contribution in [1.29, 1.82) is 0 Å². The molecule has 4 N–H and O–H groups in total. The molecule has 1 aliphatic heterocycles. The standard InChI is InChI=1S/C24H21F3N6OS2/c25-15-4-2-5-16(26)22(15)36(34)33-17-6-1-3-14(19(17)27)20-21(18-9-12-30-24(28)31-18)35-23(32-20)13-7-10-29-11-8-13/h1-6,9,12-13,29,33H,7-8,10-11H2,(H2,28,30,31). The van der Waals surface area contributed by atoms with Gasteiger partial charge in [-0.15, -0.1) is 11.3 Å². The molecule has 2 aromatic heterocycles. The molecule has 1 atom stereocenters. The first-order valence-electron chi connectivity index (χ1n) is 11.1. The van der Waals surface area contributed by atoms with Crippen LogP contribution in [0.5, 0.6) is 0 Å². The van der Waals surface area contributed by atoms with Crippen molar-refractivity contribution in [2.75, 3.05) is 23.5 Å². The average molecular weight is 531 g/mol. The predicted molar refractivity (Wildman–Crippen MR) is 134 cm³/mol. The van der Waals surface area contributed by atoms with Gasteiger partial charge in [-0.05, 0) is 56.3 Å². The normalized spacial score (nSPS) is 15.1. The highest BCUT2D eigenvalue weighted by molar-refractivity contribution is 7.86. The third-order valence-corrected chi connectivity index (χ3v) is 8.21. The maximum atomic E-state index is 15.8. The zero-order valence-corrected chi connectivity index (χ0v) is 20.4. The highest BCUT2D eigenvalue weighted by Gasteiger charge is 2.26. The minimum absolute atomic E-state index is 0.0773. The summed E-state index contributed by atoms with van der Waals surface area (Å²) in [5.74, 6) is -2.45. The number of halogens is 3. The fraction of sp³-hybridized carbons (Fsp3) is 0.208. The number of nitrogens with zero attached hydrogens (tertiary/aromatic N) is 3. The first-order chi connectivity index (χ1) is 17.4. The maximum Gasteiger partial charge on any atom is 0.220 e. The van der Waals surface area contributed by atoms with Crippen molar-refractivity contribution >= 4 is 34.0 Å². The molecular formula is C24H21F3N6OS2. The van der Waals surface area contributed by atoms with E-state index in [9.17, 15) is 13.0 Å². The fourth-order valence-electron chi connectivity index (χ4n) is 4.04. The smallest absolute Gasteiger partial charge is 0.220 e. The Hall–Kier alpha value is -3.35. The summed E-state index contributed by atoms with van der Waals surface area (Å²) in [6, 6.07) is 9.26. The molecule has 1 fully saturated rings. The van der Waals surface area contributed by atoms with Gasteiger partial charge in [0.1, 0.15) is 16.5 Å². The molecule has 1 unspecified atom stereocenters. The van der Waals surface area contributed by atoms with E-state index in [1.165, 1.54) is 23.6 Å². The average Bonchev–Trinajstić information content (AvgIpc) is 3.31. The van der Waals surface area contributed by atoms with E-state index >= 15 is 4.39 Å². The lowest BCUT2D eigenvalue weighted by Crippen LogP contribution is -2.26. The third kappa shape index (κ3) is 4.84. The number of hydrogen-bond donors (Lipinski definition) is 3. The Balaban J connectivity index is 1.57. The number of piperidine rings is 1. The Morgan fingerprint density at radius 3 is 2.47 bits per heavy atom. The van der Waals surface area contributed by atoms with Gasteiger partial charge in [0.05, 0.1) is 27.0 Å². The topological polar surface area (TPSA) is 106 Å². The number of thiazole rings is 1. The number of anilines is 2. The van der Waals surface area contributed by atoms with Crippen molar-refractivity contribution in [1.82, 2.24) is 20.3 Å².